The monoisotopic (exact) mass is 261 g/mol. The van der Waals surface area contributed by atoms with E-state index >= 15 is 0 Å². The van der Waals surface area contributed by atoms with Gasteiger partial charge in [0.25, 0.3) is 0 Å². The number of nitrogens with zero attached hydrogens (tertiary/aromatic N) is 2. The molecule has 0 atom stereocenters. The second-order valence-electron chi connectivity index (χ2n) is 3.81. The summed E-state index contributed by atoms with van der Waals surface area (Å²) in [7, 11) is 0. The summed E-state index contributed by atoms with van der Waals surface area (Å²) < 4.78 is 5.58. The minimum atomic E-state index is 0.603. The number of anilines is 1. The van der Waals surface area contributed by atoms with Crippen molar-refractivity contribution in [2.45, 2.75) is 12.1 Å². The minimum Gasteiger partial charge on any atom is -0.493 e. The molecule has 0 bridgehead atoms. The van der Waals surface area contributed by atoms with E-state index in [2.05, 4.69) is 9.97 Å². The molecule has 2 N–H and O–H groups in total. The molecule has 4 nitrogen and oxygen atoms in total. The molecule has 0 unspecified atom stereocenters. The first-order valence-electron chi connectivity index (χ1n) is 5.64. The van der Waals surface area contributed by atoms with Crippen LogP contribution in [0.2, 0.25) is 0 Å². The van der Waals surface area contributed by atoms with Gasteiger partial charge < -0.3 is 10.5 Å². The normalized spacial score (nSPS) is 10.3. The summed E-state index contributed by atoms with van der Waals surface area (Å²) in [6.45, 7) is 2.57. The maximum atomic E-state index is 5.66. The van der Waals surface area contributed by atoms with Crippen molar-refractivity contribution in [2.75, 3.05) is 18.1 Å². The molecule has 2 aromatic rings. The van der Waals surface area contributed by atoms with Crippen LogP contribution < -0.4 is 10.5 Å². The minimum absolute atomic E-state index is 0.603. The van der Waals surface area contributed by atoms with E-state index in [0.29, 0.717) is 12.3 Å². The molecule has 0 saturated carbocycles. The predicted octanol–water partition coefficient (Wildman–Crippen LogP) is 2.54. The molecule has 0 saturated heterocycles. The maximum absolute atomic E-state index is 5.66. The molecule has 0 radical (unpaired) electrons. The van der Waals surface area contributed by atoms with E-state index in [1.165, 1.54) is 0 Å². The third-order valence-electron chi connectivity index (χ3n) is 2.20. The van der Waals surface area contributed by atoms with Gasteiger partial charge in [-0.2, -0.15) is 0 Å². The third-order valence-corrected chi connectivity index (χ3v) is 3.04. The maximum Gasteiger partial charge on any atom is 0.187 e. The number of nitrogens with two attached hydrogens (primary N) is 1. The van der Waals surface area contributed by atoms with Gasteiger partial charge in [0.15, 0.2) is 5.16 Å². The summed E-state index contributed by atoms with van der Waals surface area (Å²) >= 11 is 1.57. The van der Waals surface area contributed by atoms with Gasteiger partial charge >= 0.3 is 0 Å². The SMILES string of the molecule is Cc1cnc(SCCOc2cccc(N)c2)nc1. The summed E-state index contributed by atoms with van der Waals surface area (Å²) in [5.74, 6) is 1.60. The fraction of sp³-hybridized carbons (Fsp3) is 0.231. The molecule has 1 heterocycles. The van der Waals surface area contributed by atoms with Crippen LogP contribution >= 0.6 is 11.8 Å². The number of hydrogen-bond donors (Lipinski definition) is 1. The van der Waals surface area contributed by atoms with Crippen molar-refractivity contribution >= 4 is 17.4 Å². The average molecular weight is 261 g/mol. The van der Waals surface area contributed by atoms with E-state index in [1.807, 2.05) is 43.6 Å². The summed E-state index contributed by atoms with van der Waals surface area (Å²) in [5.41, 5.74) is 7.44. The van der Waals surface area contributed by atoms with Crippen LogP contribution in [-0.4, -0.2) is 22.3 Å². The first-order chi connectivity index (χ1) is 8.74. The second kappa shape index (κ2) is 6.26. The van der Waals surface area contributed by atoms with Crippen LogP contribution in [-0.2, 0) is 0 Å². The zero-order valence-electron chi connectivity index (χ0n) is 10.2. The molecule has 0 aliphatic carbocycles. The lowest BCUT2D eigenvalue weighted by Gasteiger charge is -2.06. The van der Waals surface area contributed by atoms with Crippen LogP contribution in [0.5, 0.6) is 5.75 Å². The van der Waals surface area contributed by atoms with Crippen LogP contribution in [0.25, 0.3) is 0 Å². The Kier molecular flexibility index (Phi) is 4.41. The van der Waals surface area contributed by atoms with Gasteiger partial charge in [-0.3, -0.25) is 0 Å². The molecule has 0 fully saturated rings. The highest BCUT2D eigenvalue weighted by Gasteiger charge is 1.98. The highest BCUT2D eigenvalue weighted by molar-refractivity contribution is 7.99. The lowest BCUT2D eigenvalue weighted by Crippen LogP contribution is -2.01. The Balaban J connectivity index is 1.74. The Hall–Kier alpha value is -1.75. The molecule has 1 aromatic carbocycles. The Morgan fingerprint density at radius 3 is 2.78 bits per heavy atom. The van der Waals surface area contributed by atoms with Gasteiger partial charge in [0.1, 0.15) is 5.75 Å². The molecule has 0 aliphatic heterocycles. The summed E-state index contributed by atoms with van der Waals surface area (Å²) in [6.07, 6.45) is 3.63. The van der Waals surface area contributed by atoms with Crippen molar-refractivity contribution < 1.29 is 4.74 Å². The molecule has 1 aromatic heterocycles. The molecule has 0 amide bonds. The van der Waals surface area contributed by atoms with Crippen molar-refractivity contribution in [3.8, 4) is 5.75 Å². The largest absolute Gasteiger partial charge is 0.493 e. The Morgan fingerprint density at radius 1 is 1.28 bits per heavy atom. The number of aryl methyl sites for hydroxylation is 1. The summed E-state index contributed by atoms with van der Waals surface area (Å²) in [6, 6.07) is 7.42. The number of nitrogen functional groups attached to an aromatic ring is 1. The van der Waals surface area contributed by atoms with Crippen LogP contribution in [0.1, 0.15) is 5.56 Å². The number of thioether (sulfide) groups is 1. The van der Waals surface area contributed by atoms with Crippen molar-refractivity contribution in [3.05, 3.63) is 42.2 Å². The number of rotatable bonds is 5. The van der Waals surface area contributed by atoms with Crippen LogP contribution in [0.15, 0.2) is 41.8 Å². The van der Waals surface area contributed by atoms with Gasteiger partial charge in [0, 0.05) is 29.9 Å². The molecule has 0 spiro atoms. The number of hydrogen-bond acceptors (Lipinski definition) is 5. The zero-order valence-corrected chi connectivity index (χ0v) is 11.0. The topological polar surface area (TPSA) is 61.0 Å². The van der Waals surface area contributed by atoms with E-state index in [1.54, 1.807) is 11.8 Å². The van der Waals surface area contributed by atoms with Crippen LogP contribution in [0.3, 0.4) is 0 Å². The highest BCUT2D eigenvalue weighted by atomic mass is 32.2. The van der Waals surface area contributed by atoms with Crippen molar-refractivity contribution in [1.29, 1.82) is 0 Å². The molecular formula is C13H15N3OS. The van der Waals surface area contributed by atoms with Gasteiger partial charge in [-0.15, -0.1) is 0 Å². The zero-order chi connectivity index (χ0) is 12.8. The van der Waals surface area contributed by atoms with Crippen LogP contribution in [0, 0.1) is 6.92 Å². The quantitative estimate of drug-likeness (QED) is 0.388. The number of aromatic nitrogens is 2. The average Bonchev–Trinajstić information content (AvgIpc) is 2.37. The standard InChI is InChI=1S/C13H15N3OS/c1-10-8-15-13(16-9-10)18-6-5-17-12-4-2-3-11(14)7-12/h2-4,7-9H,5-6,14H2,1H3. The van der Waals surface area contributed by atoms with Gasteiger partial charge in [0.2, 0.25) is 0 Å². The Morgan fingerprint density at radius 2 is 2.06 bits per heavy atom. The smallest absolute Gasteiger partial charge is 0.187 e. The van der Waals surface area contributed by atoms with E-state index in [9.17, 15) is 0 Å². The second-order valence-corrected chi connectivity index (χ2v) is 4.87. The molecule has 18 heavy (non-hydrogen) atoms. The van der Waals surface area contributed by atoms with Gasteiger partial charge in [-0.25, -0.2) is 9.97 Å². The molecule has 2 rings (SSSR count). The van der Waals surface area contributed by atoms with E-state index in [0.717, 1.165) is 22.2 Å². The van der Waals surface area contributed by atoms with E-state index in [-0.39, 0.29) is 0 Å². The lowest BCUT2D eigenvalue weighted by molar-refractivity contribution is 0.344. The molecular weight excluding hydrogens is 246 g/mol. The predicted molar refractivity (Wildman–Crippen MR) is 73.8 cm³/mol. The van der Waals surface area contributed by atoms with E-state index in [4.69, 9.17) is 10.5 Å². The van der Waals surface area contributed by atoms with E-state index < -0.39 is 0 Å². The summed E-state index contributed by atoms with van der Waals surface area (Å²) in [4.78, 5) is 8.43. The lowest BCUT2D eigenvalue weighted by atomic mass is 10.3. The fourth-order valence-electron chi connectivity index (χ4n) is 1.35. The number of ether oxygens (including phenoxy) is 1. The van der Waals surface area contributed by atoms with Crippen molar-refractivity contribution in [3.63, 3.8) is 0 Å². The van der Waals surface area contributed by atoms with Crippen LogP contribution in [0.4, 0.5) is 5.69 Å². The molecule has 5 heteroatoms. The molecule has 0 aliphatic rings. The first kappa shape index (κ1) is 12.7. The Labute approximate surface area is 111 Å². The van der Waals surface area contributed by atoms with Crippen molar-refractivity contribution in [2.24, 2.45) is 0 Å². The third kappa shape index (κ3) is 3.92. The molecule has 94 valence electrons. The van der Waals surface area contributed by atoms with Crippen molar-refractivity contribution in [1.82, 2.24) is 9.97 Å². The fourth-order valence-corrected chi connectivity index (χ4v) is 1.96. The summed E-state index contributed by atoms with van der Waals surface area (Å²) in [5, 5.41) is 0.775. The number of benzene rings is 1. The van der Waals surface area contributed by atoms with Gasteiger partial charge in [0.05, 0.1) is 6.61 Å². The Bertz CT molecular complexity index is 502. The highest BCUT2D eigenvalue weighted by Crippen LogP contribution is 2.16. The van der Waals surface area contributed by atoms with Gasteiger partial charge in [-0.1, -0.05) is 17.8 Å². The first-order valence-corrected chi connectivity index (χ1v) is 6.62. The van der Waals surface area contributed by atoms with Gasteiger partial charge in [-0.05, 0) is 24.6 Å².